The minimum Gasteiger partial charge on any atom is -0.480 e. The number of carbonyl (C=O) groups is 1. The van der Waals surface area contributed by atoms with Gasteiger partial charge >= 0.3 is 5.97 Å². The van der Waals surface area contributed by atoms with Gasteiger partial charge in [0, 0.05) is 15.5 Å². The van der Waals surface area contributed by atoms with Gasteiger partial charge in [0.05, 0.1) is 4.70 Å². The zero-order valence-electron chi connectivity index (χ0n) is 10.3. The van der Waals surface area contributed by atoms with Gasteiger partial charge in [-0.2, -0.15) is 0 Å². The Morgan fingerprint density at radius 1 is 1.10 bits per heavy atom. The standard InChI is InChI=1S/C15H10O4S/c16-13(17)8-19-11-6-3-5-10-14(18)9-4-1-2-7-12(9)20-15(10)11/h1-7H,8H2,(H,16,17). The highest BCUT2D eigenvalue weighted by molar-refractivity contribution is 7.24. The first-order valence-corrected chi connectivity index (χ1v) is 6.77. The quantitative estimate of drug-likeness (QED) is 0.752. The summed E-state index contributed by atoms with van der Waals surface area (Å²) in [7, 11) is 0. The Kier molecular flexibility index (Phi) is 3.12. The molecule has 0 amide bonds. The monoisotopic (exact) mass is 286 g/mol. The van der Waals surface area contributed by atoms with Crippen molar-refractivity contribution in [3.8, 4) is 5.75 Å². The minimum absolute atomic E-state index is 0.0601. The molecule has 1 heterocycles. The number of carboxylic acids is 1. The van der Waals surface area contributed by atoms with Crippen LogP contribution in [0.15, 0.2) is 47.3 Å². The molecule has 3 rings (SSSR count). The molecule has 0 fully saturated rings. The molecule has 2 aromatic carbocycles. The first-order valence-electron chi connectivity index (χ1n) is 5.96. The summed E-state index contributed by atoms with van der Waals surface area (Å²) in [6.07, 6.45) is 0. The van der Waals surface area contributed by atoms with E-state index in [4.69, 9.17) is 9.84 Å². The highest BCUT2D eigenvalue weighted by Crippen LogP contribution is 2.31. The Bertz CT molecular complexity index is 867. The van der Waals surface area contributed by atoms with E-state index in [0.717, 1.165) is 4.70 Å². The van der Waals surface area contributed by atoms with E-state index < -0.39 is 12.6 Å². The lowest BCUT2D eigenvalue weighted by Crippen LogP contribution is -2.10. The van der Waals surface area contributed by atoms with Crippen LogP contribution in [0.25, 0.3) is 20.2 Å². The summed E-state index contributed by atoms with van der Waals surface area (Å²) in [6.45, 7) is -0.424. The van der Waals surface area contributed by atoms with Gasteiger partial charge in [0.1, 0.15) is 5.75 Å². The van der Waals surface area contributed by atoms with Gasteiger partial charge in [0.15, 0.2) is 12.0 Å². The summed E-state index contributed by atoms with van der Waals surface area (Å²) in [5, 5.41) is 9.91. The van der Waals surface area contributed by atoms with Crippen molar-refractivity contribution in [2.75, 3.05) is 6.61 Å². The van der Waals surface area contributed by atoms with E-state index in [1.54, 1.807) is 24.3 Å². The van der Waals surface area contributed by atoms with Crippen LogP contribution < -0.4 is 10.2 Å². The third-order valence-electron chi connectivity index (χ3n) is 2.92. The number of fused-ring (bicyclic) bond motifs is 2. The van der Waals surface area contributed by atoms with Crippen molar-refractivity contribution >= 4 is 37.5 Å². The highest BCUT2D eigenvalue weighted by Gasteiger charge is 2.10. The Morgan fingerprint density at radius 2 is 1.85 bits per heavy atom. The molecule has 4 nitrogen and oxygen atoms in total. The minimum atomic E-state index is -1.05. The summed E-state index contributed by atoms with van der Waals surface area (Å²) in [5.41, 5.74) is -0.0601. The van der Waals surface area contributed by atoms with Crippen LogP contribution in [0, 0.1) is 0 Å². The highest BCUT2D eigenvalue weighted by atomic mass is 32.1. The normalized spacial score (nSPS) is 10.8. The molecule has 100 valence electrons. The van der Waals surface area contributed by atoms with Gasteiger partial charge in [0.2, 0.25) is 0 Å². The molecule has 1 N–H and O–H groups in total. The van der Waals surface area contributed by atoms with Gasteiger partial charge < -0.3 is 9.84 Å². The van der Waals surface area contributed by atoms with Crippen LogP contribution in [0.1, 0.15) is 0 Å². The van der Waals surface area contributed by atoms with Gasteiger partial charge in [-0.25, -0.2) is 4.79 Å². The summed E-state index contributed by atoms with van der Waals surface area (Å²) >= 11 is 1.43. The molecule has 20 heavy (non-hydrogen) atoms. The van der Waals surface area contributed by atoms with Crippen molar-refractivity contribution in [1.82, 2.24) is 0 Å². The van der Waals surface area contributed by atoms with E-state index in [2.05, 4.69) is 0 Å². The number of ether oxygens (including phenoxy) is 1. The number of benzene rings is 2. The maximum absolute atomic E-state index is 12.4. The van der Waals surface area contributed by atoms with E-state index in [1.807, 2.05) is 18.2 Å². The molecule has 1 aromatic heterocycles. The molecule has 0 aliphatic rings. The first kappa shape index (κ1) is 12.6. The molecular formula is C15H10O4S. The van der Waals surface area contributed by atoms with Gasteiger partial charge in [0.25, 0.3) is 0 Å². The summed E-state index contributed by atoms with van der Waals surface area (Å²) in [6, 6.07) is 12.5. The van der Waals surface area contributed by atoms with Crippen molar-refractivity contribution in [3.05, 3.63) is 52.7 Å². The molecule has 0 spiro atoms. The third-order valence-corrected chi connectivity index (χ3v) is 4.12. The predicted octanol–water partition coefficient (Wildman–Crippen LogP) is 2.88. The van der Waals surface area contributed by atoms with Crippen LogP contribution in [0.2, 0.25) is 0 Å². The number of hydrogen-bond donors (Lipinski definition) is 1. The molecule has 0 bridgehead atoms. The second-order valence-electron chi connectivity index (χ2n) is 4.24. The Morgan fingerprint density at radius 3 is 2.65 bits per heavy atom. The van der Waals surface area contributed by atoms with Gasteiger partial charge in [-0.3, -0.25) is 4.79 Å². The maximum Gasteiger partial charge on any atom is 0.341 e. The van der Waals surface area contributed by atoms with Crippen molar-refractivity contribution in [3.63, 3.8) is 0 Å². The number of hydrogen-bond acceptors (Lipinski definition) is 4. The van der Waals surface area contributed by atoms with Crippen LogP contribution in [0.5, 0.6) is 5.75 Å². The Hall–Kier alpha value is -2.40. The van der Waals surface area contributed by atoms with E-state index in [1.165, 1.54) is 11.3 Å². The van der Waals surface area contributed by atoms with Gasteiger partial charge in [-0.05, 0) is 24.3 Å². The largest absolute Gasteiger partial charge is 0.480 e. The molecule has 0 saturated carbocycles. The average Bonchev–Trinajstić information content (AvgIpc) is 2.45. The zero-order valence-corrected chi connectivity index (χ0v) is 11.1. The fraction of sp³-hybridized carbons (Fsp3) is 0.0667. The molecule has 0 aliphatic heterocycles. The molecule has 0 radical (unpaired) electrons. The SMILES string of the molecule is O=C(O)COc1cccc2c(=O)c3ccccc3sc12. The van der Waals surface area contributed by atoms with E-state index in [-0.39, 0.29) is 5.43 Å². The number of aliphatic carboxylic acids is 1. The lowest BCUT2D eigenvalue weighted by atomic mass is 10.2. The Balaban J connectivity index is 2.28. The number of carboxylic acid groups (broad SMARTS) is 1. The van der Waals surface area contributed by atoms with Gasteiger partial charge in [-0.1, -0.05) is 18.2 Å². The maximum atomic E-state index is 12.4. The molecule has 0 unspecified atom stereocenters. The molecule has 5 heteroatoms. The van der Waals surface area contributed by atoms with Crippen molar-refractivity contribution in [2.24, 2.45) is 0 Å². The van der Waals surface area contributed by atoms with E-state index in [0.29, 0.717) is 21.2 Å². The first-order chi connectivity index (χ1) is 9.66. The van der Waals surface area contributed by atoms with E-state index >= 15 is 0 Å². The van der Waals surface area contributed by atoms with Crippen LogP contribution in [-0.4, -0.2) is 17.7 Å². The zero-order chi connectivity index (χ0) is 14.1. The van der Waals surface area contributed by atoms with Crippen LogP contribution in [0.3, 0.4) is 0 Å². The van der Waals surface area contributed by atoms with Crippen molar-refractivity contribution in [1.29, 1.82) is 0 Å². The molecule has 3 aromatic rings. The van der Waals surface area contributed by atoms with Crippen molar-refractivity contribution in [2.45, 2.75) is 0 Å². The van der Waals surface area contributed by atoms with Crippen molar-refractivity contribution < 1.29 is 14.6 Å². The fourth-order valence-corrected chi connectivity index (χ4v) is 3.19. The Labute approximate surface area is 117 Å². The summed E-state index contributed by atoms with van der Waals surface area (Å²) in [5.74, 6) is -0.618. The summed E-state index contributed by atoms with van der Waals surface area (Å²) in [4.78, 5) is 23.0. The van der Waals surface area contributed by atoms with Crippen LogP contribution >= 0.6 is 11.3 Å². The predicted molar refractivity (Wildman–Crippen MR) is 78.7 cm³/mol. The van der Waals surface area contributed by atoms with E-state index in [9.17, 15) is 9.59 Å². The second kappa shape index (κ2) is 4.94. The summed E-state index contributed by atoms with van der Waals surface area (Å²) < 4.78 is 6.79. The van der Waals surface area contributed by atoms with Crippen LogP contribution in [-0.2, 0) is 4.79 Å². The van der Waals surface area contributed by atoms with Gasteiger partial charge in [-0.15, -0.1) is 11.3 Å². The molecule has 0 saturated heterocycles. The molecule has 0 aliphatic carbocycles. The second-order valence-corrected chi connectivity index (χ2v) is 5.29. The lowest BCUT2D eigenvalue weighted by molar-refractivity contribution is -0.139. The molecular weight excluding hydrogens is 276 g/mol. The lowest BCUT2D eigenvalue weighted by Gasteiger charge is -2.07. The topological polar surface area (TPSA) is 63.6 Å². The number of rotatable bonds is 3. The average molecular weight is 286 g/mol. The van der Waals surface area contributed by atoms with Crippen LogP contribution in [0.4, 0.5) is 0 Å². The molecule has 0 atom stereocenters. The fourth-order valence-electron chi connectivity index (χ4n) is 2.05. The third kappa shape index (κ3) is 2.12. The smallest absolute Gasteiger partial charge is 0.341 e.